The Kier molecular flexibility index (Phi) is 20.1. The summed E-state index contributed by atoms with van der Waals surface area (Å²) < 4.78 is 57.2. The number of benzene rings is 3. The lowest BCUT2D eigenvalue weighted by Gasteiger charge is -2.50. The SMILES string of the molecule is CC[C@H]1OC(=O)[C@H](C)[C@@H](OC2C[C@@](C)(OC)[C@@H](OC(=O)c3ccccc3)[C@H](C)O2)[C@H](C)[C@@H](O[C@@H]2O[C@H](C)C[C@H](N(C)C)[C@H]2OC(=O)c2ccccc2)[C@@](C)(O)C[C@@H](C)/C(=N\Sc2ccccc2)[C@H](C)[C@@H](O)[C@]1(C)O. The van der Waals surface area contributed by atoms with E-state index in [1.165, 1.54) is 26.0 Å². The van der Waals surface area contributed by atoms with Crippen LogP contribution in [0.5, 0.6) is 0 Å². The zero-order valence-electron chi connectivity index (χ0n) is 45.3. The van der Waals surface area contributed by atoms with E-state index in [-0.39, 0.29) is 25.4 Å². The van der Waals surface area contributed by atoms with Gasteiger partial charge >= 0.3 is 17.9 Å². The maximum absolute atomic E-state index is 14.8. The number of aliphatic hydroxyl groups is 3. The summed E-state index contributed by atoms with van der Waals surface area (Å²) in [5.74, 6) is -5.35. The first-order chi connectivity index (χ1) is 34.9. The molecule has 17 heteroatoms. The Hall–Kier alpha value is -4.27. The van der Waals surface area contributed by atoms with Crippen molar-refractivity contribution in [2.75, 3.05) is 21.2 Å². The van der Waals surface area contributed by atoms with Gasteiger partial charge in [-0.1, -0.05) is 82.3 Å². The van der Waals surface area contributed by atoms with Crippen LogP contribution in [0, 0.1) is 23.7 Å². The first kappa shape index (κ1) is 59.0. The van der Waals surface area contributed by atoms with Crippen molar-refractivity contribution in [2.24, 2.45) is 28.1 Å². The lowest BCUT2D eigenvalue weighted by Crippen LogP contribution is -2.62. The molecular weight excluding hydrogens is 969 g/mol. The van der Waals surface area contributed by atoms with Crippen LogP contribution in [0.3, 0.4) is 0 Å². The normalized spacial score (nSPS) is 38.1. The van der Waals surface area contributed by atoms with E-state index in [2.05, 4.69) is 0 Å². The van der Waals surface area contributed by atoms with Crippen LogP contribution in [0.25, 0.3) is 0 Å². The smallest absolute Gasteiger partial charge is 0.338 e. The van der Waals surface area contributed by atoms with Gasteiger partial charge < -0.3 is 58.1 Å². The second kappa shape index (κ2) is 25.3. The minimum absolute atomic E-state index is 0.0147. The third-order valence-corrected chi connectivity index (χ3v) is 16.1. The molecule has 3 aromatic carbocycles. The summed E-state index contributed by atoms with van der Waals surface area (Å²) in [4.78, 5) is 45.0. The molecule has 0 spiro atoms. The number of aliphatic hydroxyl groups excluding tert-OH is 1. The summed E-state index contributed by atoms with van der Waals surface area (Å²) in [5, 5.41) is 37.8. The molecule has 3 saturated heterocycles. The number of methoxy groups -OCH3 is 1. The van der Waals surface area contributed by atoms with E-state index >= 15 is 0 Å². The molecular formula is C57H80N2O14S. The standard InChI is InChI=1S/C57H80N2O14S/c1-14-43-57(10,65)48(60)35(4)45(58-74-41-28-22-17-23-29-41)33(2)31-55(8,64)49(73-54-47(42(59(11)12)30-34(3)67-54)71-52(62)39-24-18-15-19-25-39)36(5)46(37(6)51(61)69-43)70-44-32-56(9,66-13)50(38(7)68-44)72-53(63)40-26-20-16-21-27-40/h15-29,33-38,42-44,46-50,54,60,64-65H,14,30-32H2,1-13H3/b58-45+/t33-,34-,35+,36+,37-,38+,42+,43-,44?,46+,47-,48-,49-,50+,54+,55+,56-,57-/m1/s1. The molecule has 3 fully saturated rings. The third-order valence-electron chi connectivity index (χ3n) is 15.3. The lowest BCUT2D eigenvalue weighted by atomic mass is 9.73. The number of nitrogens with zero attached hydrogens (tertiary/aromatic N) is 2. The van der Waals surface area contributed by atoms with E-state index < -0.39 is 120 Å². The predicted molar refractivity (Wildman–Crippen MR) is 280 cm³/mol. The van der Waals surface area contributed by atoms with Gasteiger partial charge in [-0.15, -0.1) is 0 Å². The van der Waals surface area contributed by atoms with Gasteiger partial charge in [0.15, 0.2) is 24.8 Å². The first-order valence-electron chi connectivity index (χ1n) is 25.9. The van der Waals surface area contributed by atoms with E-state index in [1.807, 2.05) is 63.2 Å². The van der Waals surface area contributed by atoms with Crippen LogP contribution in [0.1, 0.15) is 116 Å². The predicted octanol–water partition coefficient (Wildman–Crippen LogP) is 8.09. The molecule has 3 N–H and O–H groups in total. The van der Waals surface area contributed by atoms with Gasteiger partial charge in [0.2, 0.25) is 0 Å². The average Bonchev–Trinajstić information content (AvgIpc) is 3.37. The van der Waals surface area contributed by atoms with Gasteiger partial charge in [0.05, 0.1) is 59.2 Å². The molecule has 3 aromatic rings. The molecule has 408 valence electrons. The summed E-state index contributed by atoms with van der Waals surface area (Å²) in [6.45, 7) is 17.4. The Bertz CT molecular complexity index is 2320. The molecule has 0 radical (unpaired) electrons. The number of carbonyl (C=O) groups is 3. The molecule has 0 aliphatic carbocycles. The van der Waals surface area contributed by atoms with Crippen molar-refractivity contribution in [3.8, 4) is 0 Å². The van der Waals surface area contributed by atoms with Gasteiger partial charge in [0.25, 0.3) is 0 Å². The highest BCUT2D eigenvalue weighted by molar-refractivity contribution is 7.98. The molecule has 0 bridgehead atoms. The molecule has 16 nitrogen and oxygen atoms in total. The van der Waals surface area contributed by atoms with E-state index in [0.29, 0.717) is 23.3 Å². The van der Waals surface area contributed by atoms with E-state index in [0.717, 1.165) is 4.90 Å². The number of hydrogen-bond donors (Lipinski definition) is 3. The van der Waals surface area contributed by atoms with Crippen LogP contribution in [0.2, 0.25) is 0 Å². The molecule has 3 aliphatic heterocycles. The van der Waals surface area contributed by atoms with Crippen LogP contribution < -0.4 is 0 Å². The van der Waals surface area contributed by atoms with Crippen LogP contribution in [-0.4, -0.2) is 149 Å². The zero-order valence-corrected chi connectivity index (χ0v) is 46.1. The maximum Gasteiger partial charge on any atom is 0.338 e. The summed E-state index contributed by atoms with van der Waals surface area (Å²) in [6.07, 6.45) is -9.87. The van der Waals surface area contributed by atoms with Crippen molar-refractivity contribution >= 4 is 35.6 Å². The molecule has 3 heterocycles. The first-order valence-corrected chi connectivity index (χ1v) is 26.7. The number of likely N-dealkylation sites (N-methyl/N-ethyl adjacent to an activating group) is 1. The van der Waals surface area contributed by atoms with Gasteiger partial charge in [0.1, 0.15) is 17.3 Å². The highest BCUT2D eigenvalue weighted by atomic mass is 32.2. The Labute approximate surface area is 441 Å². The maximum atomic E-state index is 14.8. The number of carbonyl (C=O) groups excluding carboxylic acids is 3. The zero-order chi connectivity index (χ0) is 54.3. The molecule has 0 aromatic heterocycles. The van der Waals surface area contributed by atoms with Crippen molar-refractivity contribution in [2.45, 2.75) is 184 Å². The van der Waals surface area contributed by atoms with Crippen molar-refractivity contribution in [1.82, 2.24) is 4.90 Å². The Morgan fingerprint density at radius 3 is 1.89 bits per heavy atom. The molecule has 1 unspecified atom stereocenters. The second-order valence-corrected chi connectivity index (χ2v) is 22.3. The topological polar surface area (TPSA) is 201 Å². The highest BCUT2D eigenvalue weighted by Gasteiger charge is 2.55. The van der Waals surface area contributed by atoms with Crippen LogP contribution in [0.4, 0.5) is 0 Å². The molecule has 6 rings (SSSR count). The highest BCUT2D eigenvalue weighted by Crippen LogP contribution is 2.42. The number of cyclic esters (lactones) is 1. The van der Waals surface area contributed by atoms with Crippen molar-refractivity contribution in [3.05, 3.63) is 102 Å². The number of ether oxygens (including phenoxy) is 8. The molecule has 3 aliphatic rings. The summed E-state index contributed by atoms with van der Waals surface area (Å²) in [6, 6.07) is 26.3. The number of hydrogen-bond acceptors (Lipinski definition) is 17. The number of rotatable bonds is 13. The van der Waals surface area contributed by atoms with Gasteiger partial charge in [0, 0.05) is 47.9 Å². The van der Waals surface area contributed by atoms with Crippen LogP contribution in [0.15, 0.2) is 100 Å². The number of esters is 3. The van der Waals surface area contributed by atoms with Crippen molar-refractivity contribution in [1.29, 1.82) is 0 Å². The fourth-order valence-electron chi connectivity index (χ4n) is 11.0. The Balaban J connectivity index is 1.47. The monoisotopic (exact) mass is 1050 g/mol. The van der Waals surface area contributed by atoms with Crippen molar-refractivity contribution in [3.63, 3.8) is 0 Å². The van der Waals surface area contributed by atoms with Gasteiger partial charge in [-0.2, -0.15) is 0 Å². The van der Waals surface area contributed by atoms with E-state index in [9.17, 15) is 29.7 Å². The summed E-state index contributed by atoms with van der Waals surface area (Å²) >= 11 is 1.20. The average molecular weight is 1050 g/mol. The summed E-state index contributed by atoms with van der Waals surface area (Å²) in [5.41, 5.74) is -3.79. The third kappa shape index (κ3) is 13.8. The quantitative estimate of drug-likeness (QED) is 0.0842. The minimum atomic E-state index is -1.97. The molecule has 18 atom stereocenters. The van der Waals surface area contributed by atoms with Gasteiger partial charge in [-0.3, -0.25) is 4.79 Å². The molecule has 0 saturated carbocycles. The van der Waals surface area contributed by atoms with Gasteiger partial charge in [-0.05, 0) is 117 Å². The van der Waals surface area contributed by atoms with Crippen LogP contribution >= 0.6 is 11.9 Å². The largest absolute Gasteiger partial charge is 0.459 e. The van der Waals surface area contributed by atoms with E-state index in [4.69, 9.17) is 42.3 Å². The molecule has 0 amide bonds. The van der Waals surface area contributed by atoms with Crippen LogP contribution in [-0.2, 0) is 42.7 Å². The van der Waals surface area contributed by atoms with Gasteiger partial charge in [-0.25, -0.2) is 14.0 Å². The fourth-order valence-corrected chi connectivity index (χ4v) is 11.9. The lowest BCUT2D eigenvalue weighted by molar-refractivity contribution is -0.317. The second-order valence-electron chi connectivity index (χ2n) is 21.5. The minimum Gasteiger partial charge on any atom is -0.459 e. The molecule has 74 heavy (non-hydrogen) atoms. The Morgan fingerprint density at radius 1 is 0.770 bits per heavy atom. The summed E-state index contributed by atoms with van der Waals surface area (Å²) in [7, 11) is 5.29. The van der Waals surface area contributed by atoms with Crippen molar-refractivity contribution < 1.29 is 67.6 Å². The fraction of sp³-hybridized carbons (Fsp3) is 0.614. The Morgan fingerprint density at radius 2 is 1.34 bits per heavy atom. The van der Waals surface area contributed by atoms with E-state index in [1.54, 1.807) is 109 Å².